The number of likely N-dealkylation sites (tertiary alicyclic amines) is 1. The van der Waals surface area contributed by atoms with Crippen LogP contribution < -0.4 is 4.74 Å². The van der Waals surface area contributed by atoms with Crippen LogP contribution >= 0.6 is 0 Å². The second-order valence-electron chi connectivity index (χ2n) is 12.8. The Kier molecular flexibility index (Phi) is 4.90. The number of hydrogen-bond acceptors (Lipinski definition) is 6. The van der Waals surface area contributed by atoms with Crippen molar-refractivity contribution in [3.05, 3.63) is 107 Å². The molecular formula is C35H33N3O3. The molecule has 4 aromatic rings. The first-order valence-electron chi connectivity index (χ1n) is 15.0. The summed E-state index contributed by atoms with van der Waals surface area (Å²) in [4.78, 5) is 13.0. The number of aromatic nitrogens is 2. The predicted octanol–water partition coefficient (Wildman–Crippen LogP) is 5.14. The topological polar surface area (TPSA) is 78.7 Å². The van der Waals surface area contributed by atoms with Crippen molar-refractivity contribution in [3.63, 3.8) is 0 Å². The summed E-state index contributed by atoms with van der Waals surface area (Å²) in [6, 6.07) is 24.4. The summed E-state index contributed by atoms with van der Waals surface area (Å²) in [7, 11) is 0. The van der Waals surface area contributed by atoms with E-state index in [1.807, 2.05) is 36.4 Å². The zero-order chi connectivity index (χ0) is 27.3. The third-order valence-corrected chi connectivity index (χ3v) is 10.5. The summed E-state index contributed by atoms with van der Waals surface area (Å²) >= 11 is 0. The highest BCUT2D eigenvalue weighted by atomic mass is 16.5. The predicted molar refractivity (Wildman–Crippen MR) is 155 cm³/mol. The zero-order valence-electron chi connectivity index (χ0n) is 23.0. The van der Waals surface area contributed by atoms with Gasteiger partial charge in [-0.05, 0) is 55.3 Å². The second-order valence-corrected chi connectivity index (χ2v) is 12.8. The molecule has 1 saturated carbocycles. The van der Waals surface area contributed by atoms with Crippen LogP contribution in [0.4, 0.5) is 0 Å². The van der Waals surface area contributed by atoms with Gasteiger partial charge in [0.1, 0.15) is 5.82 Å². The van der Waals surface area contributed by atoms with Crippen LogP contribution in [0, 0.1) is 5.92 Å². The van der Waals surface area contributed by atoms with Gasteiger partial charge in [-0.1, -0.05) is 66.7 Å². The van der Waals surface area contributed by atoms with Gasteiger partial charge < -0.3 is 14.9 Å². The SMILES string of the molecule is Oc1ccc2c3c1O[C@H]1c4nc(Cc5ccccc5)nc(-c5ccccc5)c4C[C@@]4(O)C(C2)N(CC2CC2)CCC314. The quantitative estimate of drug-likeness (QED) is 0.363. The Morgan fingerprint density at radius 3 is 2.51 bits per heavy atom. The summed E-state index contributed by atoms with van der Waals surface area (Å²) in [5.74, 6) is 2.17. The van der Waals surface area contributed by atoms with Crippen molar-refractivity contribution in [2.45, 2.75) is 61.7 Å². The fourth-order valence-electron chi connectivity index (χ4n) is 8.56. The maximum atomic E-state index is 13.2. The number of hydrogen-bond donors (Lipinski definition) is 2. The van der Waals surface area contributed by atoms with E-state index in [2.05, 4.69) is 35.2 Å². The fourth-order valence-corrected chi connectivity index (χ4v) is 8.56. The average molecular weight is 544 g/mol. The molecule has 3 heterocycles. The largest absolute Gasteiger partial charge is 0.504 e. The van der Waals surface area contributed by atoms with Crippen LogP contribution in [0.15, 0.2) is 72.8 Å². The molecule has 1 aromatic heterocycles. The number of benzene rings is 3. The molecule has 4 atom stereocenters. The summed E-state index contributed by atoms with van der Waals surface area (Å²) in [5, 5.41) is 24.2. The minimum absolute atomic E-state index is 0.0216. The normalized spacial score (nSPS) is 29.0. The third-order valence-electron chi connectivity index (χ3n) is 10.5. The highest BCUT2D eigenvalue weighted by Crippen LogP contribution is 2.69. The van der Waals surface area contributed by atoms with Crippen molar-refractivity contribution in [1.29, 1.82) is 0 Å². The fraction of sp³-hybridized carbons (Fsp3) is 0.371. The molecule has 1 spiro atoms. The smallest absolute Gasteiger partial charge is 0.166 e. The third kappa shape index (κ3) is 3.26. The molecular weight excluding hydrogens is 510 g/mol. The first-order chi connectivity index (χ1) is 20.0. The lowest BCUT2D eigenvalue weighted by molar-refractivity contribution is -0.173. The first kappa shape index (κ1) is 23.9. The lowest BCUT2D eigenvalue weighted by Gasteiger charge is -2.63. The van der Waals surface area contributed by atoms with Crippen LogP contribution in [0.5, 0.6) is 11.5 Å². The Balaban J connectivity index is 1.28. The van der Waals surface area contributed by atoms with Gasteiger partial charge in [0.2, 0.25) is 0 Å². The van der Waals surface area contributed by atoms with E-state index in [1.165, 1.54) is 18.4 Å². The van der Waals surface area contributed by atoms with Crippen LogP contribution in [0.25, 0.3) is 11.3 Å². The monoisotopic (exact) mass is 543 g/mol. The van der Waals surface area contributed by atoms with E-state index in [0.29, 0.717) is 18.6 Å². The van der Waals surface area contributed by atoms with Gasteiger partial charge >= 0.3 is 0 Å². The van der Waals surface area contributed by atoms with E-state index in [1.54, 1.807) is 6.07 Å². The molecule has 3 aliphatic carbocycles. The summed E-state index contributed by atoms with van der Waals surface area (Å²) in [6.07, 6.45) is 4.70. The molecule has 2 fully saturated rings. The van der Waals surface area contributed by atoms with Gasteiger partial charge in [-0.2, -0.15) is 0 Å². The molecule has 9 rings (SSSR count). The molecule has 2 N–H and O–H groups in total. The van der Waals surface area contributed by atoms with E-state index >= 15 is 0 Å². The van der Waals surface area contributed by atoms with Crippen molar-refractivity contribution >= 4 is 0 Å². The zero-order valence-corrected chi connectivity index (χ0v) is 23.0. The van der Waals surface area contributed by atoms with Crippen molar-refractivity contribution in [1.82, 2.24) is 14.9 Å². The van der Waals surface area contributed by atoms with Crippen molar-refractivity contribution in [2.75, 3.05) is 13.1 Å². The Hall–Kier alpha value is -3.74. The van der Waals surface area contributed by atoms with E-state index in [4.69, 9.17) is 14.7 Å². The van der Waals surface area contributed by atoms with Gasteiger partial charge in [-0.15, -0.1) is 0 Å². The number of aliphatic hydroxyl groups is 1. The second kappa shape index (κ2) is 8.40. The summed E-state index contributed by atoms with van der Waals surface area (Å²) < 4.78 is 6.81. The Bertz CT molecular complexity index is 1690. The minimum atomic E-state index is -1.06. The van der Waals surface area contributed by atoms with Crippen LogP contribution in [0.2, 0.25) is 0 Å². The van der Waals surface area contributed by atoms with Crippen molar-refractivity contribution in [2.24, 2.45) is 5.92 Å². The maximum absolute atomic E-state index is 13.2. The Labute approximate surface area is 239 Å². The van der Waals surface area contributed by atoms with Gasteiger partial charge in [0.25, 0.3) is 0 Å². The summed E-state index contributed by atoms with van der Waals surface area (Å²) in [6.45, 7) is 1.96. The molecule has 0 amide bonds. The standard InChI is InChI=1S/C35H33N3O3/c39-26-14-13-24-18-27-35(40)19-25-30(23-9-5-2-6-10-23)36-28(17-21-7-3-1-4-8-21)37-31(25)33-34(35,29(24)32(26)41-33)15-16-38(27)20-22-11-12-22/h1-10,13-14,22,27,33,39-40H,11-12,15-20H2/t27?,33-,34?,35+/m0/s1. The molecule has 2 bridgehead atoms. The number of rotatable bonds is 5. The number of piperidine rings is 1. The first-order valence-corrected chi connectivity index (χ1v) is 15.0. The Morgan fingerprint density at radius 1 is 0.951 bits per heavy atom. The maximum Gasteiger partial charge on any atom is 0.166 e. The van der Waals surface area contributed by atoms with E-state index in [9.17, 15) is 10.2 Å². The molecule has 2 unspecified atom stereocenters. The van der Waals surface area contributed by atoms with Crippen LogP contribution in [-0.2, 0) is 24.7 Å². The molecule has 6 heteroatoms. The molecule has 5 aliphatic rings. The number of phenols is 1. The number of ether oxygens (including phenoxy) is 1. The van der Waals surface area contributed by atoms with E-state index < -0.39 is 17.1 Å². The van der Waals surface area contributed by atoms with Gasteiger partial charge in [0.15, 0.2) is 17.6 Å². The average Bonchev–Trinajstić information content (AvgIpc) is 3.73. The number of aromatic hydroxyl groups is 1. The Morgan fingerprint density at radius 2 is 1.73 bits per heavy atom. The highest BCUT2D eigenvalue weighted by Gasteiger charge is 2.73. The van der Waals surface area contributed by atoms with Gasteiger partial charge in [0.05, 0.1) is 22.4 Å². The lowest BCUT2D eigenvalue weighted by atomic mass is 9.48. The van der Waals surface area contributed by atoms with E-state index in [0.717, 1.165) is 71.3 Å². The molecule has 3 aromatic carbocycles. The minimum Gasteiger partial charge on any atom is -0.504 e. The highest BCUT2D eigenvalue weighted by molar-refractivity contribution is 5.70. The van der Waals surface area contributed by atoms with Gasteiger partial charge in [-0.25, -0.2) is 9.97 Å². The molecule has 41 heavy (non-hydrogen) atoms. The van der Waals surface area contributed by atoms with Crippen molar-refractivity contribution in [3.8, 4) is 22.8 Å². The van der Waals surface area contributed by atoms with Crippen LogP contribution in [-0.4, -0.2) is 49.8 Å². The molecule has 2 aliphatic heterocycles. The van der Waals surface area contributed by atoms with Gasteiger partial charge in [0, 0.05) is 42.1 Å². The number of nitrogens with zero attached hydrogens (tertiary/aromatic N) is 3. The lowest BCUT2D eigenvalue weighted by Crippen LogP contribution is -2.74. The van der Waals surface area contributed by atoms with Crippen LogP contribution in [0.3, 0.4) is 0 Å². The van der Waals surface area contributed by atoms with Gasteiger partial charge in [-0.3, -0.25) is 4.90 Å². The number of phenolic OH excluding ortho intramolecular Hbond substituents is 1. The molecule has 0 radical (unpaired) electrons. The number of fused-ring (bicyclic) bond motifs is 2. The molecule has 1 saturated heterocycles. The summed E-state index contributed by atoms with van der Waals surface area (Å²) in [5.41, 5.74) is 5.40. The van der Waals surface area contributed by atoms with Crippen molar-refractivity contribution < 1.29 is 14.9 Å². The molecule has 6 nitrogen and oxygen atoms in total. The van der Waals surface area contributed by atoms with E-state index in [-0.39, 0.29) is 11.8 Å². The van der Waals surface area contributed by atoms with Crippen LogP contribution in [0.1, 0.15) is 59.1 Å². The molecule has 206 valence electrons.